The molecule has 0 spiro atoms. The number of hydrogen-bond donors (Lipinski definition) is 1. The van der Waals surface area contributed by atoms with Gasteiger partial charge in [0, 0.05) is 12.2 Å². The topological polar surface area (TPSA) is 46.9 Å². The first kappa shape index (κ1) is 13.4. The fraction of sp³-hybridized carbons (Fsp3) is 0.765. The van der Waals surface area contributed by atoms with Gasteiger partial charge in [0.25, 0.3) is 0 Å². The van der Waals surface area contributed by atoms with Crippen LogP contribution in [-0.4, -0.2) is 21.7 Å². The molecule has 1 aromatic heterocycles. The highest BCUT2D eigenvalue weighted by Gasteiger charge is 2.48. The van der Waals surface area contributed by atoms with Crippen LogP contribution in [-0.2, 0) is 4.79 Å². The van der Waals surface area contributed by atoms with Gasteiger partial charge in [0.05, 0.1) is 6.20 Å². The quantitative estimate of drug-likeness (QED) is 0.929. The van der Waals surface area contributed by atoms with Crippen LogP contribution in [0.3, 0.4) is 0 Å². The number of aryl methyl sites for hydroxylation is 1. The minimum absolute atomic E-state index is 0.135. The molecular formula is C17H25N3O. The van der Waals surface area contributed by atoms with Gasteiger partial charge in [-0.1, -0.05) is 0 Å². The Morgan fingerprint density at radius 1 is 1.24 bits per heavy atom. The molecule has 5 rings (SSSR count). The highest BCUT2D eigenvalue weighted by atomic mass is 16.2. The Labute approximate surface area is 126 Å². The zero-order valence-corrected chi connectivity index (χ0v) is 13.0. The monoisotopic (exact) mass is 287 g/mol. The fourth-order valence-corrected chi connectivity index (χ4v) is 5.21. The van der Waals surface area contributed by atoms with E-state index in [0.29, 0.717) is 6.04 Å². The molecule has 1 unspecified atom stereocenters. The molecule has 0 radical (unpaired) electrons. The van der Waals surface area contributed by atoms with E-state index < -0.39 is 0 Å². The second-order valence-electron chi connectivity index (χ2n) is 7.64. The summed E-state index contributed by atoms with van der Waals surface area (Å²) in [5, 5.41) is 7.65. The summed E-state index contributed by atoms with van der Waals surface area (Å²) in [6.07, 6.45) is 10.6. The number of hydrogen-bond acceptors (Lipinski definition) is 2. The van der Waals surface area contributed by atoms with E-state index in [-0.39, 0.29) is 11.9 Å². The summed E-state index contributed by atoms with van der Waals surface area (Å²) in [6, 6.07) is 0.209. The maximum absolute atomic E-state index is 12.6. The normalized spacial score (nSPS) is 38.5. The Bertz CT molecular complexity index is 522. The van der Waals surface area contributed by atoms with E-state index in [2.05, 4.69) is 10.4 Å². The van der Waals surface area contributed by atoms with Gasteiger partial charge in [-0.25, -0.2) is 0 Å². The lowest BCUT2D eigenvalue weighted by molar-refractivity contribution is -0.128. The van der Waals surface area contributed by atoms with Gasteiger partial charge in [0.1, 0.15) is 6.04 Å². The summed E-state index contributed by atoms with van der Waals surface area (Å²) in [5.41, 5.74) is 1.10. The van der Waals surface area contributed by atoms with Gasteiger partial charge < -0.3 is 5.32 Å². The van der Waals surface area contributed by atoms with Gasteiger partial charge in [-0.05, 0) is 75.2 Å². The van der Waals surface area contributed by atoms with Crippen molar-refractivity contribution in [3.63, 3.8) is 0 Å². The van der Waals surface area contributed by atoms with Crippen molar-refractivity contribution in [3.05, 3.63) is 18.0 Å². The van der Waals surface area contributed by atoms with Crippen molar-refractivity contribution in [2.24, 2.45) is 23.7 Å². The van der Waals surface area contributed by atoms with Crippen LogP contribution in [0, 0.1) is 30.6 Å². The highest BCUT2D eigenvalue weighted by Crippen LogP contribution is 2.53. The van der Waals surface area contributed by atoms with E-state index in [9.17, 15) is 4.79 Å². The molecule has 1 amide bonds. The highest BCUT2D eigenvalue weighted by molar-refractivity contribution is 5.80. The Kier molecular flexibility index (Phi) is 3.09. The summed E-state index contributed by atoms with van der Waals surface area (Å²) in [6.45, 7) is 3.95. The van der Waals surface area contributed by atoms with Gasteiger partial charge in [0.15, 0.2) is 0 Å². The molecule has 0 saturated heterocycles. The molecule has 1 N–H and O–H groups in total. The van der Waals surface area contributed by atoms with Crippen molar-refractivity contribution in [2.45, 2.75) is 58.0 Å². The molecule has 0 aliphatic heterocycles. The van der Waals surface area contributed by atoms with E-state index in [1.165, 1.54) is 32.1 Å². The molecule has 1 atom stereocenters. The average molecular weight is 287 g/mol. The lowest BCUT2D eigenvalue weighted by Crippen LogP contribution is -2.56. The SMILES string of the molecule is Cc1cnn(C(C)C(=O)NC2C3CC4CC(C3)CC2C4)c1. The Morgan fingerprint density at radius 3 is 2.38 bits per heavy atom. The molecule has 0 aromatic carbocycles. The van der Waals surface area contributed by atoms with Crippen molar-refractivity contribution in [3.8, 4) is 0 Å². The van der Waals surface area contributed by atoms with E-state index >= 15 is 0 Å². The molecule has 4 saturated carbocycles. The predicted molar refractivity (Wildman–Crippen MR) is 80.7 cm³/mol. The fourth-order valence-electron chi connectivity index (χ4n) is 5.21. The van der Waals surface area contributed by atoms with Gasteiger partial charge in [-0.15, -0.1) is 0 Å². The van der Waals surface area contributed by atoms with Crippen LogP contribution in [0.1, 0.15) is 50.6 Å². The standard InChI is InChI=1S/C17H25N3O/c1-10-8-18-20(9-10)11(2)17(21)19-16-14-4-12-3-13(6-14)7-15(16)5-12/h8-9,11-16H,3-7H2,1-2H3,(H,19,21). The second kappa shape index (κ2) is 4.85. The summed E-state index contributed by atoms with van der Waals surface area (Å²) < 4.78 is 1.78. The molecule has 4 nitrogen and oxygen atoms in total. The lowest BCUT2D eigenvalue weighted by Gasteiger charge is -2.54. The van der Waals surface area contributed by atoms with Crippen molar-refractivity contribution >= 4 is 5.91 Å². The van der Waals surface area contributed by atoms with Gasteiger partial charge in [-0.2, -0.15) is 5.10 Å². The molecule has 4 aliphatic carbocycles. The zero-order valence-electron chi connectivity index (χ0n) is 13.0. The van der Waals surface area contributed by atoms with E-state index in [4.69, 9.17) is 0 Å². The second-order valence-corrected chi connectivity index (χ2v) is 7.64. The first-order valence-electron chi connectivity index (χ1n) is 8.41. The zero-order chi connectivity index (χ0) is 14.6. The van der Waals surface area contributed by atoms with E-state index in [0.717, 1.165) is 29.2 Å². The van der Waals surface area contributed by atoms with Crippen molar-refractivity contribution in [1.29, 1.82) is 0 Å². The average Bonchev–Trinajstić information content (AvgIpc) is 2.87. The molecule has 4 aliphatic rings. The van der Waals surface area contributed by atoms with Crippen molar-refractivity contribution < 1.29 is 4.79 Å². The summed E-state index contributed by atoms with van der Waals surface area (Å²) in [4.78, 5) is 12.6. The summed E-state index contributed by atoms with van der Waals surface area (Å²) in [7, 11) is 0. The Hall–Kier alpha value is -1.32. The lowest BCUT2D eigenvalue weighted by atomic mass is 9.54. The maximum Gasteiger partial charge on any atom is 0.244 e. The van der Waals surface area contributed by atoms with Crippen LogP contribution >= 0.6 is 0 Å². The van der Waals surface area contributed by atoms with Crippen LogP contribution < -0.4 is 5.32 Å². The molecule has 114 valence electrons. The largest absolute Gasteiger partial charge is 0.351 e. The van der Waals surface area contributed by atoms with Crippen LogP contribution in [0.2, 0.25) is 0 Å². The van der Waals surface area contributed by atoms with E-state index in [1.807, 2.05) is 26.2 Å². The summed E-state index contributed by atoms with van der Waals surface area (Å²) in [5.74, 6) is 3.50. The molecule has 4 heteroatoms. The first-order valence-corrected chi connectivity index (χ1v) is 8.41. The third-order valence-electron chi connectivity index (χ3n) is 6.04. The van der Waals surface area contributed by atoms with Crippen molar-refractivity contribution in [2.75, 3.05) is 0 Å². The molecular weight excluding hydrogens is 262 g/mol. The molecule has 4 fully saturated rings. The smallest absolute Gasteiger partial charge is 0.244 e. The third-order valence-corrected chi connectivity index (χ3v) is 6.04. The molecule has 1 aromatic rings. The molecule has 4 bridgehead atoms. The number of nitrogens with zero attached hydrogens (tertiary/aromatic N) is 2. The van der Waals surface area contributed by atoms with Crippen LogP contribution in [0.25, 0.3) is 0 Å². The van der Waals surface area contributed by atoms with Gasteiger partial charge >= 0.3 is 0 Å². The Morgan fingerprint density at radius 2 is 1.86 bits per heavy atom. The van der Waals surface area contributed by atoms with Crippen molar-refractivity contribution in [1.82, 2.24) is 15.1 Å². The number of rotatable bonds is 3. The number of nitrogens with one attached hydrogen (secondary N) is 1. The molecule has 21 heavy (non-hydrogen) atoms. The number of carbonyl (C=O) groups excluding carboxylic acids is 1. The summed E-state index contributed by atoms with van der Waals surface area (Å²) >= 11 is 0. The predicted octanol–water partition coefficient (Wildman–Crippen LogP) is 2.69. The van der Waals surface area contributed by atoms with Gasteiger partial charge in [0.2, 0.25) is 5.91 Å². The third kappa shape index (κ3) is 2.29. The number of amides is 1. The maximum atomic E-state index is 12.6. The minimum atomic E-state index is -0.212. The van der Waals surface area contributed by atoms with Crippen LogP contribution in [0.5, 0.6) is 0 Å². The number of aromatic nitrogens is 2. The van der Waals surface area contributed by atoms with Gasteiger partial charge in [-0.3, -0.25) is 9.48 Å². The van der Waals surface area contributed by atoms with Crippen LogP contribution in [0.4, 0.5) is 0 Å². The Balaban J connectivity index is 1.45. The molecule has 1 heterocycles. The first-order chi connectivity index (χ1) is 10.1. The van der Waals surface area contributed by atoms with E-state index in [1.54, 1.807) is 4.68 Å². The minimum Gasteiger partial charge on any atom is -0.351 e. The number of carbonyl (C=O) groups is 1. The van der Waals surface area contributed by atoms with Crippen LogP contribution in [0.15, 0.2) is 12.4 Å².